The summed E-state index contributed by atoms with van der Waals surface area (Å²) < 4.78 is 65.9. The molecule has 1 rings (SSSR count). The lowest BCUT2D eigenvalue weighted by Crippen LogP contribution is -2.38. The number of carbonyl (C=O) groups is 2. The first-order chi connectivity index (χ1) is 11.8. The van der Waals surface area contributed by atoms with Crippen LogP contribution in [0.4, 0.5) is 18.9 Å². The molecule has 14 heteroatoms. The lowest BCUT2D eigenvalue weighted by Gasteiger charge is -2.14. The van der Waals surface area contributed by atoms with Crippen LogP contribution in [0.15, 0.2) is 6.07 Å². The molecule has 0 saturated carbocycles. The van der Waals surface area contributed by atoms with Gasteiger partial charge in [0.25, 0.3) is 0 Å². The second-order valence-electron chi connectivity index (χ2n) is 4.56. The second-order valence-corrected chi connectivity index (χ2v) is 9.73. The van der Waals surface area contributed by atoms with Gasteiger partial charge in [-0.3, -0.25) is 4.79 Å². The molecular weight excluding hydrogens is 722 g/mol. The molecule has 2 N–H and O–H groups in total. The van der Waals surface area contributed by atoms with Crippen molar-refractivity contribution < 1.29 is 35.9 Å². The molecule has 7 nitrogen and oxygen atoms in total. The Morgan fingerprint density at radius 2 is 1.77 bits per heavy atom. The summed E-state index contributed by atoms with van der Waals surface area (Å²) in [4.78, 5) is 23.5. The van der Waals surface area contributed by atoms with Gasteiger partial charge >= 0.3 is 21.5 Å². The van der Waals surface area contributed by atoms with Crippen LogP contribution in [-0.2, 0) is 19.6 Å². The standard InChI is InChI=1S/C12H10F3I3N2O5S/c1-5(21)20-10-7(17)4-6(16)8(9(10)18)11(22)25-3-2-19-26(23,24)12(13,14)15/h4,19H,2-3H2,1H3,(H,20,21). The van der Waals surface area contributed by atoms with Crippen LogP contribution in [0.1, 0.15) is 17.3 Å². The van der Waals surface area contributed by atoms with Gasteiger partial charge in [-0.2, -0.15) is 13.2 Å². The zero-order valence-corrected chi connectivity index (χ0v) is 20.0. The smallest absolute Gasteiger partial charge is 0.461 e. The molecule has 1 aromatic carbocycles. The Kier molecular flexibility index (Phi) is 8.80. The number of benzene rings is 1. The van der Waals surface area contributed by atoms with Crippen LogP contribution in [-0.4, -0.2) is 39.0 Å². The van der Waals surface area contributed by atoms with Gasteiger partial charge in [0.1, 0.15) is 6.61 Å². The minimum atomic E-state index is -5.50. The van der Waals surface area contributed by atoms with Gasteiger partial charge in [0, 0.05) is 20.6 Å². The van der Waals surface area contributed by atoms with E-state index in [1.165, 1.54) is 11.6 Å². The fraction of sp³-hybridized carbons (Fsp3) is 0.333. The van der Waals surface area contributed by atoms with Crippen molar-refractivity contribution in [2.45, 2.75) is 12.4 Å². The number of alkyl halides is 3. The number of nitrogens with one attached hydrogen (secondary N) is 2. The summed E-state index contributed by atoms with van der Waals surface area (Å²) in [5, 5.41) is 2.59. The highest BCUT2D eigenvalue weighted by Crippen LogP contribution is 2.32. The predicted octanol–water partition coefficient (Wildman–Crippen LogP) is 3.05. The molecule has 0 heterocycles. The average Bonchev–Trinajstić information content (AvgIpc) is 2.46. The van der Waals surface area contributed by atoms with Crippen LogP contribution in [0.25, 0.3) is 0 Å². The van der Waals surface area contributed by atoms with Crippen molar-refractivity contribution in [1.82, 2.24) is 4.72 Å². The third-order valence-electron chi connectivity index (χ3n) is 2.61. The zero-order chi connectivity index (χ0) is 20.3. The number of halogens is 6. The van der Waals surface area contributed by atoms with Crippen molar-refractivity contribution in [3.05, 3.63) is 22.3 Å². The molecule has 0 aromatic heterocycles. The van der Waals surface area contributed by atoms with Crippen molar-refractivity contribution in [1.29, 1.82) is 0 Å². The van der Waals surface area contributed by atoms with Crippen molar-refractivity contribution in [3.63, 3.8) is 0 Å². The monoisotopic (exact) mass is 732 g/mol. The van der Waals surface area contributed by atoms with E-state index < -0.39 is 34.7 Å². The molecule has 0 aliphatic rings. The summed E-state index contributed by atoms with van der Waals surface area (Å²) in [5.74, 6) is -1.20. The molecule has 0 atom stereocenters. The van der Waals surface area contributed by atoms with E-state index in [-0.39, 0.29) is 11.5 Å². The van der Waals surface area contributed by atoms with Crippen LogP contribution in [0.5, 0.6) is 0 Å². The fourth-order valence-electron chi connectivity index (χ4n) is 1.54. The van der Waals surface area contributed by atoms with Gasteiger partial charge in [-0.25, -0.2) is 17.9 Å². The van der Waals surface area contributed by atoms with Gasteiger partial charge in [0.05, 0.1) is 14.8 Å². The first-order valence-electron chi connectivity index (χ1n) is 6.46. The van der Waals surface area contributed by atoms with E-state index in [1.807, 2.05) is 67.8 Å². The molecule has 0 saturated heterocycles. The van der Waals surface area contributed by atoms with Crippen LogP contribution in [0.3, 0.4) is 0 Å². The van der Waals surface area contributed by atoms with E-state index in [9.17, 15) is 31.2 Å². The molecule has 0 aliphatic heterocycles. The summed E-state index contributed by atoms with van der Waals surface area (Å²) in [6.45, 7) is -0.0275. The third-order valence-corrected chi connectivity index (χ3v) is 6.58. The maximum atomic E-state index is 12.2. The molecular formula is C12H10F3I3N2O5S. The number of esters is 1. The number of amides is 1. The van der Waals surface area contributed by atoms with Crippen LogP contribution in [0.2, 0.25) is 0 Å². The molecule has 26 heavy (non-hydrogen) atoms. The Morgan fingerprint density at radius 3 is 2.27 bits per heavy atom. The minimum absolute atomic E-state index is 0.119. The summed E-state index contributed by atoms with van der Waals surface area (Å²) in [5.41, 5.74) is -4.91. The van der Waals surface area contributed by atoms with E-state index in [0.717, 1.165) is 0 Å². The molecule has 0 spiro atoms. The molecule has 1 aromatic rings. The highest BCUT2D eigenvalue weighted by Gasteiger charge is 2.45. The Morgan fingerprint density at radius 1 is 1.19 bits per heavy atom. The minimum Gasteiger partial charge on any atom is -0.461 e. The number of hydrogen-bond donors (Lipinski definition) is 2. The number of hydrogen-bond acceptors (Lipinski definition) is 5. The number of anilines is 1. The van der Waals surface area contributed by atoms with Gasteiger partial charge in [-0.05, 0) is 73.8 Å². The van der Waals surface area contributed by atoms with E-state index in [2.05, 4.69) is 5.32 Å². The number of carbonyl (C=O) groups excluding carboxylic acids is 2. The van der Waals surface area contributed by atoms with Crippen molar-refractivity contribution in [2.75, 3.05) is 18.5 Å². The molecule has 0 bridgehead atoms. The zero-order valence-electron chi connectivity index (χ0n) is 12.7. The summed E-state index contributed by atoms with van der Waals surface area (Å²) in [6.07, 6.45) is 0. The highest BCUT2D eigenvalue weighted by atomic mass is 127. The number of sulfonamides is 1. The average molecular weight is 732 g/mol. The molecule has 0 fully saturated rings. The van der Waals surface area contributed by atoms with E-state index in [1.54, 1.807) is 6.07 Å². The van der Waals surface area contributed by atoms with Crippen molar-refractivity contribution in [2.24, 2.45) is 0 Å². The predicted molar refractivity (Wildman–Crippen MR) is 112 cm³/mol. The molecule has 0 radical (unpaired) electrons. The van der Waals surface area contributed by atoms with Crippen LogP contribution in [0, 0.1) is 10.7 Å². The molecule has 0 aliphatic carbocycles. The Bertz CT molecular complexity index is 830. The van der Waals surface area contributed by atoms with E-state index in [4.69, 9.17) is 4.74 Å². The highest BCUT2D eigenvalue weighted by molar-refractivity contribution is 14.1. The normalized spacial score (nSPS) is 12.0. The third kappa shape index (κ3) is 6.30. The molecule has 1 amide bonds. The van der Waals surface area contributed by atoms with Gasteiger partial charge in [0.2, 0.25) is 5.91 Å². The van der Waals surface area contributed by atoms with Gasteiger partial charge in [-0.15, -0.1) is 0 Å². The largest absolute Gasteiger partial charge is 0.511 e. The van der Waals surface area contributed by atoms with Crippen LogP contribution >= 0.6 is 67.8 Å². The van der Waals surface area contributed by atoms with Gasteiger partial charge < -0.3 is 10.1 Å². The first-order valence-corrected chi connectivity index (χ1v) is 11.2. The summed E-state index contributed by atoms with van der Waals surface area (Å²) >= 11 is 5.69. The van der Waals surface area contributed by atoms with Gasteiger partial charge in [-0.1, -0.05) is 0 Å². The number of rotatable bonds is 6. The summed E-state index contributed by atoms with van der Waals surface area (Å²) in [7, 11) is -5.50. The quantitative estimate of drug-likeness (QED) is 0.267. The fourth-order valence-corrected chi connectivity index (χ4v) is 6.14. The maximum Gasteiger partial charge on any atom is 0.511 e. The molecule has 0 unspecified atom stereocenters. The van der Waals surface area contributed by atoms with Gasteiger partial charge in [0.15, 0.2) is 0 Å². The van der Waals surface area contributed by atoms with E-state index >= 15 is 0 Å². The SMILES string of the molecule is CC(=O)Nc1c(I)cc(I)c(C(=O)OCCNS(=O)(=O)C(F)(F)F)c1I. The Hall–Kier alpha value is 0.0500. The van der Waals surface area contributed by atoms with Crippen LogP contribution < -0.4 is 10.0 Å². The van der Waals surface area contributed by atoms with E-state index in [0.29, 0.717) is 16.4 Å². The lowest BCUT2D eigenvalue weighted by atomic mass is 10.2. The summed E-state index contributed by atoms with van der Waals surface area (Å²) in [6, 6.07) is 1.62. The topological polar surface area (TPSA) is 102 Å². The first kappa shape index (κ1) is 24.1. The van der Waals surface area contributed by atoms with Crippen molar-refractivity contribution in [3.8, 4) is 0 Å². The molecule has 146 valence electrons. The number of ether oxygens (including phenoxy) is 1. The maximum absolute atomic E-state index is 12.2. The lowest BCUT2D eigenvalue weighted by molar-refractivity contribution is -0.114. The Labute approximate surface area is 187 Å². The second kappa shape index (κ2) is 9.50. The Balaban J connectivity index is 2.87. The van der Waals surface area contributed by atoms with Crippen molar-refractivity contribution >= 4 is 95.4 Å².